The van der Waals surface area contributed by atoms with E-state index in [1.165, 1.54) is 6.07 Å². The van der Waals surface area contributed by atoms with Gasteiger partial charge < -0.3 is 10.7 Å². The van der Waals surface area contributed by atoms with Gasteiger partial charge in [-0.05, 0) is 31.2 Å². The van der Waals surface area contributed by atoms with Crippen LogP contribution in [-0.2, 0) is 0 Å². The fraction of sp³-hybridized carbons (Fsp3) is 0.0769. The number of nitrogen functional groups attached to an aromatic ring is 1. The summed E-state index contributed by atoms with van der Waals surface area (Å²) in [7, 11) is 0. The van der Waals surface area contributed by atoms with Crippen molar-refractivity contribution < 1.29 is 4.39 Å². The second-order valence-electron chi connectivity index (χ2n) is 4.18. The molecule has 3 N–H and O–H groups in total. The number of hydrogen-bond donors (Lipinski definition) is 2. The number of H-pyrrole nitrogens is 1. The van der Waals surface area contributed by atoms with E-state index in [-0.39, 0.29) is 5.82 Å². The van der Waals surface area contributed by atoms with Crippen LogP contribution in [0.4, 0.5) is 10.2 Å². The second kappa shape index (κ2) is 3.80. The molecule has 3 rings (SSSR count). The zero-order valence-electron chi connectivity index (χ0n) is 9.74. The van der Waals surface area contributed by atoms with Crippen molar-refractivity contribution in [3.05, 3.63) is 41.7 Å². The topological polar surface area (TPSA) is 67.6 Å². The van der Waals surface area contributed by atoms with Crippen molar-refractivity contribution >= 4 is 17.0 Å². The number of benzene rings is 1. The summed E-state index contributed by atoms with van der Waals surface area (Å²) in [6, 6.07) is 8.35. The number of nitrogens with zero attached hydrogens (tertiary/aromatic N) is 2. The van der Waals surface area contributed by atoms with Gasteiger partial charge in [-0.15, -0.1) is 0 Å². The minimum Gasteiger partial charge on any atom is -0.384 e. The van der Waals surface area contributed by atoms with Crippen molar-refractivity contribution in [3.63, 3.8) is 0 Å². The van der Waals surface area contributed by atoms with Crippen LogP contribution in [0.1, 0.15) is 5.56 Å². The SMILES string of the molecule is Cc1ccc(F)c(-c2nc3nc(N)ccc3[nH]2)c1. The summed E-state index contributed by atoms with van der Waals surface area (Å²) in [6.45, 7) is 1.90. The van der Waals surface area contributed by atoms with Gasteiger partial charge in [0.15, 0.2) is 5.65 Å². The number of aromatic nitrogens is 3. The van der Waals surface area contributed by atoms with E-state index in [0.717, 1.165) is 11.1 Å². The third kappa shape index (κ3) is 1.69. The lowest BCUT2D eigenvalue weighted by atomic mass is 10.1. The number of aryl methyl sites for hydroxylation is 1. The van der Waals surface area contributed by atoms with Crippen molar-refractivity contribution in [2.45, 2.75) is 6.92 Å². The maximum atomic E-state index is 13.8. The Balaban J connectivity index is 2.22. The standard InChI is InChI=1S/C13H11FN4/c1-7-2-3-9(14)8(6-7)12-16-10-4-5-11(15)17-13(10)18-12/h2-6H,1H3,(H3,15,16,17,18). The van der Waals surface area contributed by atoms with Crippen LogP contribution in [0.15, 0.2) is 30.3 Å². The van der Waals surface area contributed by atoms with Gasteiger partial charge in [0, 0.05) is 0 Å². The molecule has 0 aliphatic carbocycles. The van der Waals surface area contributed by atoms with Gasteiger partial charge >= 0.3 is 0 Å². The quantitative estimate of drug-likeness (QED) is 0.689. The Bertz CT molecular complexity index is 733. The number of hydrogen-bond acceptors (Lipinski definition) is 3. The maximum absolute atomic E-state index is 13.8. The number of aromatic amines is 1. The molecular weight excluding hydrogens is 231 g/mol. The third-order valence-electron chi connectivity index (χ3n) is 2.74. The Labute approximate surface area is 103 Å². The van der Waals surface area contributed by atoms with E-state index in [0.29, 0.717) is 22.9 Å². The number of nitrogens with two attached hydrogens (primary N) is 1. The number of rotatable bonds is 1. The van der Waals surface area contributed by atoms with E-state index in [1.807, 2.05) is 6.92 Å². The van der Waals surface area contributed by atoms with Crippen LogP contribution in [0.3, 0.4) is 0 Å². The Morgan fingerprint density at radius 2 is 2.00 bits per heavy atom. The van der Waals surface area contributed by atoms with Crippen molar-refractivity contribution in [1.82, 2.24) is 15.0 Å². The van der Waals surface area contributed by atoms with Gasteiger partial charge in [0.25, 0.3) is 0 Å². The molecule has 18 heavy (non-hydrogen) atoms. The van der Waals surface area contributed by atoms with Gasteiger partial charge in [0.1, 0.15) is 17.5 Å². The first-order valence-corrected chi connectivity index (χ1v) is 5.52. The molecule has 0 spiro atoms. The molecule has 0 aliphatic heterocycles. The van der Waals surface area contributed by atoms with Crippen LogP contribution in [0.2, 0.25) is 0 Å². The fourth-order valence-corrected chi connectivity index (χ4v) is 1.86. The van der Waals surface area contributed by atoms with Crippen molar-refractivity contribution in [1.29, 1.82) is 0 Å². The van der Waals surface area contributed by atoms with E-state index in [9.17, 15) is 4.39 Å². The number of anilines is 1. The number of halogens is 1. The molecule has 0 radical (unpaired) electrons. The average Bonchev–Trinajstić information content (AvgIpc) is 2.74. The molecule has 0 saturated carbocycles. The first-order valence-electron chi connectivity index (χ1n) is 5.52. The zero-order valence-corrected chi connectivity index (χ0v) is 9.74. The summed E-state index contributed by atoms with van der Waals surface area (Å²) in [4.78, 5) is 11.4. The highest BCUT2D eigenvalue weighted by Crippen LogP contribution is 2.23. The molecule has 2 heterocycles. The minimum atomic E-state index is -0.312. The Morgan fingerprint density at radius 1 is 1.17 bits per heavy atom. The normalized spacial score (nSPS) is 11.0. The predicted octanol–water partition coefficient (Wildman–Crippen LogP) is 2.65. The molecule has 5 heteroatoms. The van der Waals surface area contributed by atoms with Gasteiger partial charge in [-0.2, -0.15) is 0 Å². The first kappa shape index (κ1) is 10.7. The Morgan fingerprint density at radius 3 is 2.83 bits per heavy atom. The molecule has 2 aromatic heterocycles. The summed E-state index contributed by atoms with van der Waals surface area (Å²) in [5.41, 5.74) is 8.22. The number of nitrogens with one attached hydrogen (secondary N) is 1. The van der Waals surface area contributed by atoms with E-state index in [4.69, 9.17) is 5.73 Å². The highest BCUT2D eigenvalue weighted by Gasteiger charge is 2.11. The summed E-state index contributed by atoms with van der Waals surface area (Å²) in [6.07, 6.45) is 0. The molecular formula is C13H11FN4. The van der Waals surface area contributed by atoms with E-state index < -0.39 is 0 Å². The number of fused-ring (bicyclic) bond motifs is 1. The van der Waals surface area contributed by atoms with Gasteiger partial charge in [0.2, 0.25) is 0 Å². The number of imidazole rings is 1. The summed E-state index contributed by atoms with van der Waals surface area (Å²) < 4.78 is 13.8. The van der Waals surface area contributed by atoms with E-state index in [2.05, 4.69) is 15.0 Å². The van der Waals surface area contributed by atoms with Crippen LogP contribution in [0.5, 0.6) is 0 Å². The zero-order chi connectivity index (χ0) is 12.7. The average molecular weight is 242 g/mol. The molecule has 0 unspecified atom stereocenters. The molecule has 0 fully saturated rings. The Hall–Kier alpha value is -2.43. The summed E-state index contributed by atoms with van der Waals surface area (Å²) in [5.74, 6) is 0.544. The second-order valence-corrected chi connectivity index (χ2v) is 4.18. The monoisotopic (exact) mass is 242 g/mol. The smallest absolute Gasteiger partial charge is 0.180 e. The number of pyridine rings is 1. The van der Waals surface area contributed by atoms with Gasteiger partial charge in [0.05, 0.1) is 11.1 Å². The van der Waals surface area contributed by atoms with Crippen molar-refractivity contribution in [2.24, 2.45) is 0 Å². The van der Waals surface area contributed by atoms with Crippen LogP contribution in [0, 0.1) is 12.7 Å². The molecule has 0 amide bonds. The molecule has 0 aliphatic rings. The van der Waals surface area contributed by atoms with Crippen LogP contribution in [-0.4, -0.2) is 15.0 Å². The lowest BCUT2D eigenvalue weighted by Crippen LogP contribution is -1.89. The van der Waals surface area contributed by atoms with Gasteiger partial charge in [-0.1, -0.05) is 11.6 Å². The third-order valence-corrected chi connectivity index (χ3v) is 2.74. The molecule has 0 bridgehead atoms. The van der Waals surface area contributed by atoms with E-state index in [1.54, 1.807) is 24.3 Å². The maximum Gasteiger partial charge on any atom is 0.180 e. The largest absolute Gasteiger partial charge is 0.384 e. The molecule has 3 aromatic rings. The highest BCUT2D eigenvalue weighted by atomic mass is 19.1. The van der Waals surface area contributed by atoms with Crippen LogP contribution < -0.4 is 5.73 Å². The van der Waals surface area contributed by atoms with Crippen molar-refractivity contribution in [2.75, 3.05) is 5.73 Å². The van der Waals surface area contributed by atoms with Crippen LogP contribution >= 0.6 is 0 Å². The lowest BCUT2D eigenvalue weighted by Gasteiger charge is -2.00. The summed E-state index contributed by atoms with van der Waals surface area (Å²) in [5, 5.41) is 0. The van der Waals surface area contributed by atoms with Crippen molar-refractivity contribution in [3.8, 4) is 11.4 Å². The minimum absolute atomic E-state index is 0.312. The first-order chi connectivity index (χ1) is 8.63. The molecule has 0 atom stereocenters. The highest BCUT2D eigenvalue weighted by molar-refractivity contribution is 5.77. The fourth-order valence-electron chi connectivity index (χ4n) is 1.86. The van der Waals surface area contributed by atoms with Gasteiger partial charge in [-0.25, -0.2) is 14.4 Å². The molecule has 4 nitrogen and oxygen atoms in total. The van der Waals surface area contributed by atoms with Gasteiger partial charge in [-0.3, -0.25) is 0 Å². The van der Waals surface area contributed by atoms with Crippen LogP contribution in [0.25, 0.3) is 22.6 Å². The molecule has 90 valence electrons. The molecule has 0 saturated heterocycles. The lowest BCUT2D eigenvalue weighted by molar-refractivity contribution is 0.630. The summed E-state index contributed by atoms with van der Waals surface area (Å²) >= 11 is 0. The van der Waals surface area contributed by atoms with E-state index >= 15 is 0 Å². The Kier molecular flexibility index (Phi) is 2.26. The molecule has 1 aromatic carbocycles. The predicted molar refractivity (Wildman–Crippen MR) is 68.4 cm³/mol.